The van der Waals surface area contributed by atoms with Crippen LogP contribution in [0, 0.1) is 5.92 Å². The summed E-state index contributed by atoms with van der Waals surface area (Å²) in [6, 6.07) is 0. The lowest BCUT2D eigenvalue weighted by Gasteiger charge is -2.18. The zero-order valence-corrected chi connectivity index (χ0v) is 39.5. The molecule has 0 aliphatic rings. The third-order valence-electron chi connectivity index (χ3n) is 11.8. The smallest absolute Gasteiger partial charge is 0.306 e. The van der Waals surface area contributed by atoms with E-state index in [1.807, 2.05) is 0 Å². The van der Waals surface area contributed by atoms with Crippen molar-refractivity contribution < 1.29 is 28.6 Å². The molecule has 0 radical (unpaired) electrons. The zero-order valence-electron chi connectivity index (χ0n) is 39.5. The average molecular weight is 821 g/mol. The Morgan fingerprint density at radius 3 is 0.845 bits per heavy atom. The lowest BCUT2D eigenvalue weighted by molar-refractivity contribution is -0.167. The monoisotopic (exact) mass is 821 g/mol. The largest absolute Gasteiger partial charge is 0.462 e. The summed E-state index contributed by atoms with van der Waals surface area (Å²) in [6.45, 7) is 8.98. The SMILES string of the molecule is CCCCCCCCCCCCCCCCCCCCCC(=O)OC[C@@H](COC(=O)CCCCCCCCCCCCCC(C)C)OC(=O)CCCCCCCCC. The van der Waals surface area contributed by atoms with Crippen molar-refractivity contribution in [3.05, 3.63) is 0 Å². The molecule has 58 heavy (non-hydrogen) atoms. The second-order valence-corrected chi connectivity index (χ2v) is 18.3. The molecule has 0 unspecified atom stereocenters. The maximum atomic E-state index is 12.7. The molecule has 0 aromatic carbocycles. The third-order valence-corrected chi connectivity index (χ3v) is 11.8. The van der Waals surface area contributed by atoms with Gasteiger partial charge < -0.3 is 14.2 Å². The van der Waals surface area contributed by atoms with Crippen molar-refractivity contribution in [1.82, 2.24) is 0 Å². The van der Waals surface area contributed by atoms with Gasteiger partial charge in [0.2, 0.25) is 0 Å². The fraction of sp³-hybridized carbons (Fsp3) is 0.942. The van der Waals surface area contributed by atoms with Crippen LogP contribution in [0.15, 0.2) is 0 Å². The van der Waals surface area contributed by atoms with E-state index in [0.29, 0.717) is 19.3 Å². The summed E-state index contributed by atoms with van der Waals surface area (Å²) < 4.78 is 16.7. The Labute approximate surface area is 361 Å². The molecule has 1 atom stereocenters. The van der Waals surface area contributed by atoms with E-state index in [1.165, 1.54) is 186 Å². The number of carbonyl (C=O) groups is 3. The van der Waals surface area contributed by atoms with Gasteiger partial charge in [0.1, 0.15) is 13.2 Å². The second kappa shape index (κ2) is 46.5. The number of rotatable bonds is 47. The number of unbranched alkanes of at least 4 members (excludes halogenated alkanes) is 34. The molecular weight excluding hydrogens is 721 g/mol. The summed E-state index contributed by atoms with van der Waals surface area (Å²) in [5.41, 5.74) is 0. The van der Waals surface area contributed by atoms with Crippen molar-refractivity contribution in [2.45, 2.75) is 297 Å². The van der Waals surface area contributed by atoms with Crippen molar-refractivity contribution >= 4 is 17.9 Å². The van der Waals surface area contributed by atoms with Gasteiger partial charge in [-0.15, -0.1) is 0 Å². The predicted octanol–water partition coefficient (Wildman–Crippen LogP) is 16.7. The Hall–Kier alpha value is -1.59. The Bertz CT molecular complexity index is 872. The highest BCUT2D eigenvalue weighted by Gasteiger charge is 2.19. The Morgan fingerprint density at radius 1 is 0.328 bits per heavy atom. The first-order valence-electron chi connectivity index (χ1n) is 25.9. The summed E-state index contributed by atoms with van der Waals surface area (Å²) in [7, 11) is 0. The molecular formula is C52H100O6. The van der Waals surface area contributed by atoms with Crippen LogP contribution in [0.4, 0.5) is 0 Å². The van der Waals surface area contributed by atoms with Crippen LogP contribution < -0.4 is 0 Å². The van der Waals surface area contributed by atoms with E-state index in [0.717, 1.165) is 63.7 Å². The first kappa shape index (κ1) is 56.4. The molecule has 0 aromatic rings. The van der Waals surface area contributed by atoms with Gasteiger partial charge in [0.15, 0.2) is 6.10 Å². The first-order valence-corrected chi connectivity index (χ1v) is 25.9. The molecule has 0 heterocycles. The summed E-state index contributed by atoms with van der Waals surface area (Å²) in [5.74, 6) is -0.0260. The Kier molecular flexibility index (Phi) is 45.2. The predicted molar refractivity (Wildman–Crippen MR) is 247 cm³/mol. The van der Waals surface area contributed by atoms with E-state index in [4.69, 9.17) is 14.2 Å². The standard InChI is InChI=1S/C52H100O6/c1-5-7-9-11-13-14-15-16-17-18-19-20-21-22-25-28-32-35-39-43-50(53)56-46-49(58-52(55)45-41-37-30-12-10-8-6-2)47-57-51(54)44-40-36-33-29-26-23-24-27-31-34-38-42-48(3)4/h48-49H,5-47H2,1-4H3/t49-/m0/s1. The Balaban J connectivity index is 4.13. The van der Waals surface area contributed by atoms with Crippen molar-refractivity contribution in [3.8, 4) is 0 Å². The molecule has 0 aliphatic carbocycles. The third kappa shape index (κ3) is 45.5. The van der Waals surface area contributed by atoms with Gasteiger partial charge in [0.25, 0.3) is 0 Å². The van der Waals surface area contributed by atoms with E-state index in [9.17, 15) is 14.4 Å². The van der Waals surface area contributed by atoms with Crippen molar-refractivity contribution in [1.29, 1.82) is 0 Å². The quantitative estimate of drug-likeness (QED) is 0.0346. The van der Waals surface area contributed by atoms with Crippen LogP contribution in [-0.4, -0.2) is 37.2 Å². The van der Waals surface area contributed by atoms with Gasteiger partial charge in [-0.25, -0.2) is 0 Å². The topological polar surface area (TPSA) is 78.9 Å². The highest BCUT2D eigenvalue weighted by Crippen LogP contribution is 2.17. The molecule has 0 aliphatic heterocycles. The summed E-state index contributed by atoms with van der Waals surface area (Å²) in [4.78, 5) is 37.8. The number of hydrogen-bond acceptors (Lipinski definition) is 6. The van der Waals surface area contributed by atoms with Gasteiger partial charge >= 0.3 is 17.9 Å². The molecule has 0 saturated heterocycles. The van der Waals surface area contributed by atoms with Crippen molar-refractivity contribution in [2.75, 3.05) is 13.2 Å². The molecule has 0 N–H and O–H groups in total. The molecule has 0 saturated carbocycles. The minimum Gasteiger partial charge on any atom is -0.462 e. The molecule has 0 bridgehead atoms. The van der Waals surface area contributed by atoms with Gasteiger partial charge in [0, 0.05) is 19.3 Å². The highest BCUT2D eigenvalue weighted by molar-refractivity contribution is 5.71. The summed E-state index contributed by atoms with van der Waals surface area (Å²) in [6.07, 6.45) is 48.2. The zero-order chi connectivity index (χ0) is 42.4. The van der Waals surface area contributed by atoms with Crippen LogP contribution >= 0.6 is 0 Å². The maximum absolute atomic E-state index is 12.7. The normalized spacial score (nSPS) is 11.9. The minimum absolute atomic E-state index is 0.0636. The number of ether oxygens (including phenoxy) is 3. The molecule has 0 rings (SSSR count). The van der Waals surface area contributed by atoms with Crippen molar-refractivity contribution in [3.63, 3.8) is 0 Å². The van der Waals surface area contributed by atoms with E-state index >= 15 is 0 Å². The number of carbonyl (C=O) groups excluding carboxylic acids is 3. The van der Waals surface area contributed by atoms with E-state index < -0.39 is 6.10 Å². The van der Waals surface area contributed by atoms with Crippen LogP contribution in [0.2, 0.25) is 0 Å². The average Bonchev–Trinajstić information content (AvgIpc) is 3.21. The fourth-order valence-electron chi connectivity index (χ4n) is 7.86. The molecule has 0 spiro atoms. The number of hydrogen-bond donors (Lipinski definition) is 0. The van der Waals surface area contributed by atoms with Crippen LogP contribution in [0.5, 0.6) is 0 Å². The van der Waals surface area contributed by atoms with E-state index in [1.54, 1.807) is 0 Å². The number of esters is 3. The van der Waals surface area contributed by atoms with Gasteiger partial charge in [-0.3, -0.25) is 14.4 Å². The first-order chi connectivity index (χ1) is 28.4. The van der Waals surface area contributed by atoms with Gasteiger partial charge in [-0.1, -0.05) is 252 Å². The van der Waals surface area contributed by atoms with Gasteiger partial charge in [-0.2, -0.15) is 0 Å². The van der Waals surface area contributed by atoms with Gasteiger partial charge in [0.05, 0.1) is 0 Å². The fourth-order valence-corrected chi connectivity index (χ4v) is 7.86. The van der Waals surface area contributed by atoms with E-state index in [-0.39, 0.29) is 31.1 Å². The second-order valence-electron chi connectivity index (χ2n) is 18.3. The molecule has 0 fully saturated rings. The van der Waals surface area contributed by atoms with Crippen LogP contribution in [0.3, 0.4) is 0 Å². The lowest BCUT2D eigenvalue weighted by Crippen LogP contribution is -2.30. The highest BCUT2D eigenvalue weighted by atomic mass is 16.6. The van der Waals surface area contributed by atoms with Gasteiger partial charge in [-0.05, 0) is 25.2 Å². The minimum atomic E-state index is -0.759. The molecule has 0 aromatic heterocycles. The molecule has 6 nitrogen and oxygen atoms in total. The Morgan fingerprint density at radius 2 is 0.569 bits per heavy atom. The van der Waals surface area contributed by atoms with Crippen molar-refractivity contribution in [2.24, 2.45) is 5.92 Å². The maximum Gasteiger partial charge on any atom is 0.306 e. The van der Waals surface area contributed by atoms with Crippen LogP contribution in [-0.2, 0) is 28.6 Å². The van der Waals surface area contributed by atoms with Crippen LogP contribution in [0.1, 0.15) is 291 Å². The van der Waals surface area contributed by atoms with Crippen LogP contribution in [0.25, 0.3) is 0 Å². The summed E-state index contributed by atoms with van der Waals surface area (Å²) >= 11 is 0. The summed E-state index contributed by atoms with van der Waals surface area (Å²) in [5, 5.41) is 0. The van der Waals surface area contributed by atoms with E-state index in [2.05, 4.69) is 27.7 Å². The lowest BCUT2D eigenvalue weighted by atomic mass is 10.0. The molecule has 344 valence electrons. The molecule has 0 amide bonds. The molecule has 6 heteroatoms.